The fraction of sp³-hybridized carbons (Fsp3) is 0.333. The number of nitrogens with zero attached hydrogens (tertiary/aromatic N) is 2. The smallest absolute Gasteiger partial charge is 0.293 e. The number of halogens is 6. The third-order valence-corrected chi connectivity index (χ3v) is 2.13. The first-order valence-electron chi connectivity index (χ1n) is 4.10. The Kier molecular flexibility index (Phi) is 3.97. The van der Waals surface area contributed by atoms with E-state index in [2.05, 4.69) is 10.2 Å². The summed E-state index contributed by atoms with van der Waals surface area (Å²) in [5.41, 5.74) is 0. The van der Waals surface area contributed by atoms with Gasteiger partial charge in [-0.2, -0.15) is 26.3 Å². The molecule has 1 aromatic rings. The maximum atomic E-state index is 11.8. The van der Waals surface area contributed by atoms with Gasteiger partial charge >= 0.3 is 24.2 Å². The molecule has 13 heteroatoms. The summed E-state index contributed by atoms with van der Waals surface area (Å²) in [5, 5.41) is 7.03. The predicted molar refractivity (Wildman–Crippen MR) is 49.3 cm³/mol. The number of alkyl halides is 6. The average Bonchev–Trinajstić information content (AvgIpc) is 2.62. The van der Waals surface area contributed by atoms with E-state index in [0.717, 1.165) is 0 Å². The molecule has 0 atom stereocenters. The molecular formula is C6H2F6N4O2S. The summed E-state index contributed by atoms with van der Waals surface area (Å²) in [6.45, 7) is 0. The van der Waals surface area contributed by atoms with Crippen LogP contribution in [0.1, 0.15) is 0 Å². The molecule has 0 fully saturated rings. The zero-order chi connectivity index (χ0) is 14.8. The van der Waals surface area contributed by atoms with Gasteiger partial charge in [-0.15, -0.1) is 10.2 Å². The van der Waals surface area contributed by atoms with Crippen LogP contribution >= 0.6 is 11.3 Å². The number of rotatable bonds is 2. The molecule has 19 heavy (non-hydrogen) atoms. The number of nitrogens with one attached hydrogen (secondary N) is 2. The minimum absolute atomic E-state index is 0.136. The molecule has 0 unspecified atom stereocenters. The Labute approximate surface area is 103 Å². The zero-order valence-electron chi connectivity index (χ0n) is 8.39. The quantitative estimate of drug-likeness (QED) is 0.812. The SMILES string of the molecule is O=C(Nc1nnc(NC(=O)C(F)(F)F)s1)C(F)(F)F. The van der Waals surface area contributed by atoms with Crippen molar-refractivity contribution in [2.45, 2.75) is 12.4 Å². The van der Waals surface area contributed by atoms with Gasteiger partial charge in [-0.3, -0.25) is 20.2 Å². The standard InChI is InChI=1S/C6H2F6N4O2S/c7-5(8,9)1(17)13-3-15-16-4(19-3)14-2(18)6(10,11)12/h(H,13,15,17)(H,14,16,18). The number of hydrogen-bond donors (Lipinski definition) is 2. The highest BCUT2D eigenvalue weighted by Crippen LogP contribution is 2.25. The molecule has 0 radical (unpaired) electrons. The molecule has 0 aliphatic rings. The monoisotopic (exact) mass is 308 g/mol. The lowest BCUT2D eigenvalue weighted by Gasteiger charge is -2.04. The molecule has 2 N–H and O–H groups in total. The average molecular weight is 308 g/mol. The Balaban J connectivity index is 2.69. The predicted octanol–water partition coefficient (Wildman–Crippen LogP) is 1.54. The lowest BCUT2D eigenvalue weighted by atomic mass is 10.6. The molecule has 0 aliphatic heterocycles. The summed E-state index contributed by atoms with van der Waals surface area (Å²) in [7, 11) is 0. The fourth-order valence-corrected chi connectivity index (χ4v) is 1.29. The second-order valence-electron chi connectivity index (χ2n) is 2.82. The van der Waals surface area contributed by atoms with E-state index in [4.69, 9.17) is 0 Å². The first kappa shape index (κ1) is 15.1. The maximum absolute atomic E-state index is 11.8. The second-order valence-corrected chi connectivity index (χ2v) is 3.79. The van der Waals surface area contributed by atoms with Crippen LogP contribution in [0.2, 0.25) is 0 Å². The largest absolute Gasteiger partial charge is 0.471 e. The number of hydrogen-bond acceptors (Lipinski definition) is 5. The van der Waals surface area contributed by atoms with E-state index in [1.807, 2.05) is 0 Å². The van der Waals surface area contributed by atoms with Crippen LogP contribution in [-0.4, -0.2) is 34.4 Å². The molecule has 0 aromatic carbocycles. The molecule has 1 aromatic heterocycles. The fourth-order valence-electron chi connectivity index (χ4n) is 0.660. The summed E-state index contributed by atoms with van der Waals surface area (Å²) in [5.74, 6) is -4.73. The van der Waals surface area contributed by atoms with Crippen molar-refractivity contribution >= 4 is 33.4 Å². The Morgan fingerprint density at radius 3 is 1.42 bits per heavy atom. The van der Waals surface area contributed by atoms with Crippen LogP contribution < -0.4 is 10.6 Å². The molecule has 0 bridgehead atoms. The third kappa shape index (κ3) is 4.35. The normalized spacial score (nSPS) is 12.1. The van der Waals surface area contributed by atoms with Crippen molar-refractivity contribution < 1.29 is 35.9 Å². The minimum atomic E-state index is -5.18. The molecule has 106 valence electrons. The van der Waals surface area contributed by atoms with Crippen LogP contribution in [0.25, 0.3) is 0 Å². The summed E-state index contributed by atoms with van der Waals surface area (Å²) < 4.78 is 71.0. The summed E-state index contributed by atoms with van der Waals surface area (Å²) in [4.78, 5) is 20.9. The van der Waals surface area contributed by atoms with Crippen molar-refractivity contribution in [1.82, 2.24) is 10.2 Å². The van der Waals surface area contributed by atoms with Crippen molar-refractivity contribution in [3.63, 3.8) is 0 Å². The molecule has 0 saturated heterocycles. The van der Waals surface area contributed by atoms with Gasteiger partial charge in [0.25, 0.3) is 0 Å². The van der Waals surface area contributed by atoms with Crippen LogP contribution in [0, 0.1) is 0 Å². The van der Waals surface area contributed by atoms with Crippen LogP contribution in [-0.2, 0) is 9.59 Å². The number of anilines is 2. The summed E-state index contributed by atoms with van der Waals surface area (Å²) in [6, 6.07) is 0. The van der Waals surface area contributed by atoms with Gasteiger partial charge in [0.2, 0.25) is 10.3 Å². The number of aromatic nitrogens is 2. The molecule has 1 heterocycles. The highest BCUT2D eigenvalue weighted by Gasteiger charge is 2.40. The van der Waals surface area contributed by atoms with Gasteiger partial charge in [-0.25, -0.2) is 0 Å². The Hall–Kier alpha value is -1.92. The first-order chi connectivity index (χ1) is 8.50. The molecule has 0 spiro atoms. The van der Waals surface area contributed by atoms with E-state index in [1.54, 1.807) is 0 Å². The van der Waals surface area contributed by atoms with Gasteiger partial charge in [0, 0.05) is 0 Å². The third-order valence-electron chi connectivity index (χ3n) is 1.38. The van der Waals surface area contributed by atoms with Gasteiger partial charge in [0.05, 0.1) is 0 Å². The van der Waals surface area contributed by atoms with Gasteiger partial charge in [0.15, 0.2) is 0 Å². The number of amides is 2. The zero-order valence-corrected chi connectivity index (χ0v) is 9.20. The number of carbonyl (C=O) groups is 2. The van der Waals surface area contributed by atoms with E-state index in [0.29, 0.717) is 0 Å². The van der Waals surface area contributed by atoms with Gasteiger partial charge in [-0.1, -0.05) is 11.3 Å². The molecular weight excluding hydrogens is 306 g/mol. The Morgan fingerprint density at radius 1 is 0.842 bits per heavy atom. The van der Waals surface area contributed by atoms with E-state index >= 15 is 0 Å². The molecule has 2 amide bonds. The van der Waals surface area contributed by atoms with Crippen LogP contribution in [0.4, 0.5) is 36.6 Å². The molecule has 0 aliphatic carbocycles. The van der Waals surface area contributed by atoms with E-state index < -0.39 is 34.4 Å². The summed E-state index contributed by atoms with van der Waals surface area (Å²) >= 11 is 0.136. The Bertz CT molecular complexity index is 452. The van der Waals surface area contributed by atoms with Crippen LogP contribution in [0.5, 0.6) is 0 Å². The topological polar surface area (TPSA) is 84.0 Å². The lowest BCUT2D eigenvalue weighted by Crippen LogP contribution is -2.30. The van der Waals surface area contributed by atoms with Crippen molar-refractivity contribution in [1.29, 1.82) is 0 Å². The van der Waals surface area contributed by atoms with Crippen LogP contribution in [0.15, 0.2) is 0 Å². The highest BCUT2D eigenvalue weighted by molar-refractivity contribution is 7.19. The van der Waals surface area contributed by atoms with Crippen molar-refractivity contribution in [3.05, 3.63) is 0 Å². The second kappa shape index (κ2) is 4.99. The first-order valence-corrected chi connectivity index (χ1v) is 4.91. The Morgan fingerprint density at radius 2 is 1.16 bits per heavy atom. The van der Waals surface area contributed by atoms with Crippen molar-refractivity contribution in [3.8, 4) is 0 Å². The highest BCUT2D eigenvalue weighted by atomic mass is 32.1. The number of carbonyl (C=O) groups excluding carboxylic acids is 2. The van der Waals surface area contributed by atoms with E-state index in [1.165, 1.54) is 10.6 Å². The molecule has 1 rings (SSSR count). The van der Waals surface area contributed by atoms with Gasteiger partial charge < -0.3 is 0 Å². The lowest BCUT2D eigenvalue weighted by molar-refractivity contribution is -0.167. The maximum Gasteiger partial charge on any atom is 0.471 e. The molecule has 6 nitrogen and oxygen atoms in total. The van der Waals surface area contributed by atoms with Gasteiger partial charge in [0.1, 0.15) is 0 Å². The van der Waals surface area contributed by atoms with Crippen molar-refractivity contribution in [2.24, 2.45) is 0 Å². The van der Waals surface area contributed by atoms with E-state index in [-0.39, 0.29) is 11.3 Å². The van der Waals surface area contributed by atoms with Crippen LogP contribution in [0.3, 0.4) is 0 Å². The molecule has 0 saturated carbocycles. The van der Waals surface area contributed by atoms with Gasteiger partial charge in [-0.05, 0) is 0 Å². The minimum Gasteiger partial charge on any atom is -0.293 e. The van der Waals surface area contributed by atoms with Crippen molar-refractivity contribution in [2.75, 3.05) is 10.6 Å². The van der Waals surface area contributed by atoms with E-state index in [9.17, 15) is 35.9 Å². The summed E-state index contributed by atoms with van der Waals surface area (Å²) in [6.07, 6.45) is -10.4.